The minimum absolute atomic E-state index is 0.00193. The maximum absolute atomic E-state index is 12.1. The molecule has 0 radical (unpaired) electrons. The van der Waals surface area contributed by atoms with E-state index in [0.29, 0.717) is 17.1 Å². The average molecular weight is 371 g/mol. The van der Waals surface area contributed by atoms with Gasteiger partial charge in [0.2, 0.25) is 10.0 Å². The summed E-state index contributed by atoms with van der Waals surface area (Å²) >= 11 is 0. The van der Waals surface area contributed by atoms with Crippen LogP contribution in [-0.2, 0) is 17.1 Å². The molecular formula is C18H21N5O2S. The molecule has 1 unspecified atom stereocenters. The summed E-state index contributed by atoms with van der Waals surface area (Å²) < 4.78 is 28.4. The molecule has 2 N–H and O–H groups in total. The molecule has 3 aromatic rings. The van der Waals surface area contributed by atoms with Crippen molar-refractivity contribution < 1.29 is 8.42 Å². The normalized spacial score (nSPS) is 12.7. The first-order valence-electron chi connectivity index (χ1n) is 8.14. The molecule has 8 heteroatoms. The summed E-state index contributed by atoms with van der Waals surface area (Å²) in [6, 6.07) is 11.5. The van der Waals surface area contributed by atoms with Crippen molar-refractivity contribution in [3.8, 4) is 11.3 Å². The first-order chi connectivity index (χ1) is 12.4. The van der Waals surface area contributed by atoms with Crippen LogP contribution in [0.4, 0.5) is 5.82 Å². The second kappa shape index (κ2) is 7.27. The second-order valence-electron chi connectivity index (χ2n) is 5.98. The van der Waals surface area contributed by atoms with Crippen LogP contribution in [0.15, 0.2) is 60.0 Å². The molecule has 0 bridgehead atoms. The zero-order chi connectivity index (χ0) is 18.7. The fourth-order valence-electron chi connectivity index (χ4n) is 2.60. The lowest BCUT2D eigenvalue weighted by molar-refractivity contribution is 0.588. The number of anilines is 1. The van der Waals surface area contributed by atoms with Crippen LogP contribution in [0.3, 0.4) is 0 Å². The maximum atomic E-state index is 12.1. The number of pyridine rings is 1. The number of hydrogen-bond donors (Lipinski definition) is 2. The third-order valence-electron chi connectivity index (χ3n) is 4.08. The van der Waals surface area contributed by atoms with E-state index in [1.54, 1.807) is 17.0 Å². The highest BCUT2D eigenvalue weighted by Gasteiger charge is 2.18. The fourth-order valence-corrected chi connectivity index (χ4v) is 3.30. The Kier molecular flexibility index (Phi) is 5.06. The summed E-state index contributed by atoms with van der Waals surface area (Å²) in [6.45, 7) is 2.03. The van der Waals surface area contributed by atoms with E-state index in [1.807, 2.05) is 50.5 Å². The molecule has 1 aromatic carbocycles. The van der Waals surface area contributed by atoms with Gasteiger partial charge >= 0.3 is 0 Å². The van der Waals surface area contributed by atoms with Crippen molar-refractivity contribution in [2.45, 2.75) is 17.9 Å². The molecular weight excluding hydrogens is 350 g/mol. The molecule has 136 valence electrons. The van der Waals surface area contributed by atoms with E-state index in [1.165, 1.54) is 13.2 Å². The fraction of sp³-hybridized carbons (Fsp3) is 0.222. The van der Waals surface area contributed by atoms with E-state index >= 15 is 0 Å². The monoisotopic (exact) mass is 371 g/mol. The Hall–Kier alpha value is -2.71. The topological polar surface area (TPSA) is 88.9 Å². The largest absolute Gasteiger partial charge is 0.363 e. The predicted octanol–water partition coefficient (Wildman–Crippen LogP) is 2.56. The van der Waals surface area contributed by atoms with Crippen LogP contribution < -0.4 is 10.0 Å². The van der Waals surface area contributed by atoms with E-state index in [2.05, 4.69) is 20.0 Å². The third kappa shape index (κ3) is 3.76. The molecule has 26 heavy (non-hydrogen) atoms. The molecule has 2 aromatic heterocycles. The van der Waals surface area contributed by atoms with Crippen molar-refractivity contribution in [1.82, 2.24) is 19.3 Å². The lowest BCUT2D eigenvalue weighted by Gasteiger charge is -2.17. The summed E-state index contributed by atoms with van der Waals surface area (Å²) in [5, 5.41) is 3.36. The van der Waals surface area contributed by atoms with E-state index in [4.69, 9.17) is 0 Å². The Bertz CT molecular complexity index is 999. The molecule has 0 aliphatic rings. The number of rotatable bonds is 6. The van der Waals surface area contributed by atoms with Crippen molar-refractivity contribution in [2.75, 3.05) is 12.4 Å². The van der Waals surface area contributed by atoms with E-state index < -0.39 is 10.0 Å². The number of nitrogens with zero attached hydrogens (tertiary/aromatic N) is 3. The smallest absolute Gasteiger partial charge is 0.241 e. The zero-order valence-corrected chi connectivity index (χ0v) is 15.7. The summed E-state index contributed by atoms with van der Waals surface area (Å²) in [4.78, 5) is 8.80. The Balaban J connectivity index is 2.04. The molecule has 0 aliphatic heterocycles. The molecule has 1 atom stereocenters. The number of aromatic nitrogens is 3. The van der Waals surface area contributed by atoms with Crippen molar-refractivity contribution in [1.29, 1.82) is 0 Å². The first-order valence-corrected chi connectivity index (χ1v) is 9.62. The van der Waals surface area contributed by atoms with E-state index in [0.717, 1.165) is 5.56 Å². The lowest BCUT2D eigenvalue weighted by atomic mass is 10.1. The standard InChI is InChI=1S/C18H21N5O2S/c1-13(14-7-5-4-6-8-14)22-18-16(17-11-23(3)12-21-17)9-15(10-20-18)26(24,25)19-2/h4-13,19H,1-3H3,(H,20,22). The van der Waals surface area contributed by atoms with Gasteiger partial charge in [-0.25, -0.2) is 23.1 Å². The van der Waals surface area contributed by atoms with Crippen molar-refractivity contribution in [3.05, 3.63) is 60.7 Å². The maximum Gasteiger partial charge on any atom is 0.241 e. The number of nitrogens with one attached hydrogen (secondary N) is 2. The first kappa shape index (κ1) is 18.1. The summed E-state index contributed by atoms with van der Waals surface area (Å²) in [5.74, 6) is 0.579. The molecule has 0 amide bonds. The molecule has 0 fully saturated rings. The molecule has 7 nitrogen and oxygen atoms in total. The van der Waals surface area contributed by atoms with Crippen LogP contribution in [0.2, 0.25) is 0 Å². The quantitative estimate of drug-likeness (QED) is 0.695. The van der Waals surface area contributed by atoms with Gasteiger partial charge < -0.3 is 9.88 Å². The number of aryl methyl sites for hydroxylation is 1. The summed E-state index contributed by atoms with van der Waals surface area (Å²) in [5.41, 5.74) is 2.38. The minimum atomic E-state index is -3.59. The van der Waals surface area contributed by atoms with Crippen LogP contribution in [0.1, 0.15) is 18.5 Å². The molecule has 0 saturated heterocycles. The number of imidazole rings is 1. The van der Waals surface area contributed by atoms with Crippen LogP contribution >= 0.6 is 0 Å². The van der Waals surface area contributed by atoms with Gasteiger partial charge in [-0.2, -0.15) is 0 Å². The van der Waals surface area contributed by atoms with Gasteiger partial charge in [-0.05, 0) is 25.6 Å². The highest BCUT2D eigenvalue weighted by atomic mass is 32.2. The molecule has 2 heterocycles. The van der Waals surface area contributed by atoms with Gasteiger partial charge in [0.15, 0.2) is 0 Å². The van der Waals surface area contributed by atoms with E-state index in [9.17, 15) is 8.42 Å². The van der Waals surface area contributed by atoms with E-state index in [-0.39, 0.29) is 10.9 Å². The minimum Gasteiger partial charge on any atom is -0.363 e. The van der Waals surface area contributed by atoms with Gasteiger partial charge in [-0.3, -0.25) is 0 Å². The highest BCUT2D eigenvalue weighted by Crippen LogP contribution is 2.30. The Labute approximate surface area is 153 Å². The van der Waals surface area contributed by atoms with Gasteiger partial charge in [0.05, 0.1) is 12.0 Å². The zero-order valence-electron chi connectivity index (χ0n) is 14.8. The SMILES string of the molecule is CNS(=O)(=O)c1cnc(NC(C)c2ccccc2)c(-c2cn(C)cn2)c1. The van der Waals surface area contributed by atoms with Crippen LogP contribution in [-0.4, -0.2) is 30.0 Å². The summed E-state index contributed by atoms with van der Waals surface area (Å²) in [7, 11) is -0.361. The van der Waals surface area contributed by atoms with Gasteiger partial charge in [0.25, 0.3) is 0 Å². The third-order valence-corrected chi connectivity index (χ3v) is 5.46. The molecule has 0 aliphatic carbocycles. The van der Waals surface area contributed by atoms with Crippen molar-refractivity contribution >= 4 is 15.8 Å². The molecule has 3 rings (SSSR count). The molecule has 0 spiro atoms. The highest BCUT2D eigenvalue weighted by molar-refractivity contribution is 7.89. The second-order valence-corrected chi connectivity index (χ2v) is 7.86. The van der Waals surface area contributed by atoms with Crippen LogP contribution in [0, 0.1) is 0 Å². The Morgan fingerprint density at radius 3 is 2.50 bits per heavy atom. The lowest BCUT2D eigenvalue weighted by Crippen LogP contribution is -2.19. The Morgan fingerprint density at radius 1 is 1.15 bits per heavy atom. The molecule has 0 saturated carbocycles. The van der Waals surface area contributed by atoms with Crippen molar-refractivity contribution in [3.63, 3.8) is 0 Å². The summed E-state index contributed by atoms with van der Waals surface area (Å²) in [6.07, 6.45) is 4.84. The van der Waals surface area contributed by atoms with Gasteiger partial charge in [-0.15, -0.1) is 0 Å². The van der Waals surface area contributed by atoms with Crippen molar-refractivity contribution in [2.24, 2.45) is 7.05 Å². The van der Waals surface area contributed by atoms with Crippen LogP contribution in [0.5, 0.6) is 0 Å². The predicted molar refractivity (Wildman–Crippen MR) is 101 cm³/mol. The number of benzene rings is 1. The van der Waals surface area contributed by atoms with Gasteiger partial charge in [0.1, 0.15) is 10.7 Å². The van der Waals surface area contributed by atoms with Crippen LogP contribution in [0.25, 0.3) is 11.3 Å². The van der Waals surface area contributed by atoms with Gasteiger partial charge in [-0.1, -0.05) is 30.3 Å². The number of sulfonamides is 1. The average Bonchev–Trinajstić information content (AvgIpc) is 3.08. The Morgan fingerprint density at radius 2 is 1.88 bits per heavy atom. The number of hydrogen-bond acceptors (Lipinski definition) is 5. The van der Waals surface area contributed by atoms with Gasteiger partial charge in [0, 0.05) is 31.0 Å².